The van der Waals surface area contributed by atoms with Crippen molar-refractivity contribution in [3.63, 3.8) is 0 Å². The van der Waals surface area contributed by atoms with Gasteiger partial charge in [-0.25, -0.2) is 0 Å². The van der Waals surface area contributed by atoms with Crippen molar-refractivity contribution in [1.29, 1.82) is 0 Å². The van der Waals surface area contributed by atoms with E-state index in [1.54, 1.807) is 4.90 Å². The third-order valence-corrected chi connectivity index (χ3v) is 4.47. The Kier molecular flexibility index (Phi) is 5.18. The molecule has 1 aliphatic heterocycles. The zero-order chi connectivity index (χ0) is 18.7. The first-order chi connectivity index (χ1) is 12.4. The lowest BCUT2D eigenvalue weighted by molar-refractivity contribution is -0.274. The molecule has 1 atom stereocenters. The molecule has 1 amide bonds. The van der Waals surface area contributed by atoms with E-state index in [0.717, 1.165) is 12.0 Å². The van der Waals surface area contributed by atoms with Gasteiger partial charge in [0.1, 0.15) is 5.75 Å². The molecule has 2 aromatic rings. The molecule has 2 aromatic carbocycles. The Morgan fingerprint density at radius 3 is 2.50 bits per heavy atom. The Morgan fingerprint density at radius 2 is 1.85 bits per heavy atom. The number of alkyl halides is 3. The van der Waals surface area contributed by atoms with Crippen molar-refractivity contribution in [2.45, 2.75) is 25.2 Å². The second kappa shape index (κ2) is 7.37. The Morgan fingerprint density at radius 1 is 1.15 bits per heavy atom. The van der Waals surface area contributed by atoms with E-state index in [1.165, 1.54) is 29.8 Å². The number of hydrogen-bond acceptors (Lipinski definition) is 3. The number of hydrogen-bond donors (Lipinski definition) is 1. The first kappa shape index (κ1) is 18.3. The van der Waals surface area contributed by atoms with Crippen molar-refractivity contribution < 1.29 is 22.7 Å². The van der Waals surface area contributed by atoms with Crippen LogP contribution >= 0.6 is 0 Å². The van der Waals surface area contributed by atoms with Gasteiger partial charge < -0.3 is 15.4 Å². The normalized spacial score (nSPS) is 16.9. The lowest BCUT2D eigenvalue weighted by Gasteiger charge is -2.37. The highest BCUT2D eigenvalue weighted by Crippen LogP contribution is 2.29. The molecule has 2 N–H and O–H groups in total. The average Bonchev–Trinajstić information content (AvgIpc) is 2.61. The molecule has 0 bridgehead atoms. The van der Waals surface area contributed by atoms with Crippen LogP contribution in [0.5, 0.6) is 5.75 Å². The fourth-order valence-corrected chi connectivity index (χ4v) is 3.29. The highest BCUT2D eigenvalue weighted by atomic mass is 19.4. The van der Waals surface area contributed by atoms with E-state index in [-0.39, 0.29) is 24.1 Å². The molecule has 3 rings (SSSR count). The Bertz CT molecular complexity index is 775. The van der Waals surface area contributed by atoms with Crippen molar-refractivity contribution >= 4 is 5.91 Å². The second-order valence-electron chi connectivity index (χ2n) is 6.16. The van der Waals surface area contributed by atoms with Crippen LogP contribution in [0.2, 0.25) is 0 Å². The molecule has 26 heavy (non-hydrogen) atoms. The number of nitrogens with zero attached hydrogens (tertiary/aromatic N) is 1. The van der Waals surface area contributed by atoms with Gasteiger partial charge in [-0.15, -0.1) is 13.2 Å². The zero-order valence-corrected chi connectivity index (χ0v) is 14.0. The molecule has 0 aromatic heterocycles. The Balaban J connectivity index is 1.70. The van der Waals surface area contributed by atoms with Gasteiger partial charge in [0.05, 0.1) is 12.5 Å². The molecule has 0 aliphatic carbocycles. The fourth-order valence-electron chi connectivity index (χ4n) is 3.29. The summed E-state index contributed by atoms with van der Waals surface area (Å²) in [4.78, 5) is 14.5. The first-order valence-electron chi connectivity index (χ1n) is 8.29. The molecular weight excluding hydrogens is 345 g/mol. The molecule has 1 aliphatic rings. The molecule has 0 saturated heterocycles. The summed E-state index contributed by atoms with van der Waals surface area (Å²) in [6, 6.07) is 13.1. The van der Waals surface area contributed by atoms with Crippen LogP contribution in [0, 0.1) is 0 Å². The minimum atomic E-state index is -4.73. The standard InChI is InChI=1S/C19H19F3N2O2/c20-19(21,22)26-15-7-5-13(6-8-15)11-18(25)24-10-9-14-3-1-2-4-16(14)17(24)12-23/h1-8,17H,9-12,23H2. The summed E-state index contributed by atoms with van der Waals surface area (Å²) in [5, 5.41) is 0. The SMILES string of the molecule is NCC1c2ccccc2CCN1C(=O)Cc1ccc(OC(F)(F)F)cc1. The van der Waals surface area contributed by atoms with Crippen LogP contribution in [0.1, 0.15) is 22.7 Å². The third-order valence-electron chi connectivity index (χ3n) is 4.47. The summed E-state index contributed by atoms with van der Waals surface area (Å²) in [5.74, 6) is -0.403. The van der Waals surface area contributed by atoms with E-state index < -0.39 is 6.36 Å². The van der Waals surface area contributed by atoms with Crippen LogP contribution in [0.4, 0.5) is 13.2 Å². The molecule has 4 nitrogen and oxygen atoms in total. The van der Waals surface area contributed by atoms with Crippen molar-refractivity contribution in [2.24, 2.45) is 5.73 Å². The molecule has 1 unspecified atom stereocenters. The lowest BCUT2D eigenvalue weighted by atomic mass is 9.92. The van der Waals surface area contributed by atoms with Crippen molar-refractivity contribution in [2.75, 3.05) is 13.1 Å². The maximum absolute atomic E-state index is 12.7. The molecule has 138 valence electrons. The molecule has 0 saturated carbocycles. The van der Waals surface area contributed by atoms with Gasteiger partial charge in [-0.05, 0) is 35.2 Å². The van der Waals surface area contributed by atoms with E-state index in [4.69, 9.17) is 5.73 Å². The molecule has 7 heteroatoms. The molecule has 0 fully saturated rings. The summed E-state index contributed by atoms with van der Waals surface area (Å²) >= 11 is 0. The number of amides is 1. The van der Waals surface area contributed by atoms with Gasteiger partial charge in [0.25, 0.3) is 0 Å². The van der Waals surface area contributed by atoms with Crippen LogP contribution < -0.4 is 10.5 Å². The number of ether oxygens (including phenoxy) is 1. The van der Waals surface area contributed by atoms with Gasteiger partial charge in [-0.2, -0.15) is 0 Å². The van der Waals surface area contributed by atoms with E-state index in [9.17, 15) is 18.0 Å². The molecule has 1 heterocycles. The van der Waals surface area contributed by atoms with Crippen LogP contribution in [-0.2, 0) is 17.6 Å². The fraction of sp³-hybridized carbons (Fsp3) is 0.316. The predicted octanol–water partition coefficient (Wildman–Crippen LogP) is 3.21. The van der Waals surface area contributed by atoms with Gasteiger partial charge in [0, 0.05) is 13.1 Å². The zero-order valence-electron chi connectivity index (χ0n) is 14.0. The minimum absolute atomic E-state index is 0.0977. The average molecular weight is 364 g/mol. The predicted molar refractivity (Wildman–Crippen MR) is 90.5 cm³/mol. The number of carbonyl (C=O) groups excluding carboxylic acids is 1. The van der Waals surface area contributed by atoms with E-state index in [1.807, 2.05) is 24.3 Å². The number of benzene rings is 2. The van der Waals surface area contributed by atoms with Crippen molar-refractivity contribution in [3.8, 4) is 5.75 Å². The number of nitrogens with two attached hydrogens (primary N) is 1. The highest BCUT2D eigenvalue weighted by molar-refractivity contribution is 5.79. The Labute approximate surface area is 149 Å². The summed E-state index contributed by atoms with van der Waals surface area (Å²) in [7, 11) is 0. The number of rotatable bonds is 4. The Hall–Kier alpha value is -2.54. The third kappa shape index (κ3) is 4.16. The monoisotopic (exact) mass is 364 g/mol. The van der Waals surface area contributed by atoms with Crippen LogP contribution in [0.25, 0.3) is 0 Å². The van der Waals surface area contributed by atoms with E-state index in [0.29, 0.717) is 18.7 Å². The van der Waals surface area contributed by atoms with Gasteiger partial charge in [0.15, 0.2) is 0 Å². The van der Waals surface area contributed by atoms with Crippen LogP contribution in [-0.4, -0.2) is 30.3 Å². The molecular formula is C19H19F3N2O2. The molecule has 0 spiro atoms. The lowest BCUT2D eigenvalue weighted by Crippen LogP contribution is -2.43. The number of fused-ring (bicyclic) bond motifs is 1. The smallest absolute Gasteiger partial charge is 0.406 e. The van der Waals surface area contributed by atoms with Crippen molar-refractivity contribution in [3.05, 3.63) is 65.2 Å². The second-order valence-corrected chi connectivity index (χ2v) is 6.16. The number of carbonyl (C=O) groups is 1. The first-order valence-corrected chi connectivity index (χ1v) is 8.29. The van der Waals surface area contributed by atoms with Gasteiger partial charge >= 0.3 is 6.36 Å². The maximum atomic E-state index is 12.7. The van der Waals surface area contributed by atoms with Gasteiger partial charge in [-0.1, -0.05) is 36.4 Å². The van der Waals surface area contributed by atoms with Crippen LogP contribution in [0.15, 0.2) is 48.5 Å². The summed E-state index contributed by atoms with van der Waals surface area (Å²) in [5.41, 5.74) is 8.78. The minimum Gasteiger partial charge on any atom is -0.406 e. The van der Waals surface area contributed by atoms with Gasteiger partial charge in [-0.3, -0.25) is 4.79 Å². The van der Waals surface area contributed by atoms with E-state index >= 15 is 0 Å². The summed E-state index contributed by atoms with van der Waals surface area (Å²) in [6.07, 6.45) is -3.87. The summed E-state index contributed by atoms with van der Waals surface area (Å²) in [6.45, 7) is 0.897. The highest BCUT2D eigenvalue weighted by Gasteiger charge is 2.31. The number of halogens is 3. The van der Waals surface area contributed by atoms with Gasteiger partial charge in [0.2, 0.25) is 5.91 Å². The quantitative estimate of drug-likeness (QED) is 0.906. The molecule has 0 radical (unpaired) electrons. The largest absolute Gasteiger partial charge is 0.573 e. The van der Waals surface area contributed by atoms with E-state index in [2.05, 4.69) is 4.74 Å². The topological polar surface area (TPSA) is 55.6 Å². The summed E-state index contributed by atoms with van der Waals surface area (Å²) < 4.78 is 40.4. The van der Waals surface area contributed by atoms with Crippen LogP contribution in [0.3, 0.4) is 0 Å². The van der Waals surface area contributed by atoms with Crippen molar-refractivity contribution in [1.82, 2.24) is 4.90 Å². The maximum Gasteiger partial charge on any atom is 0.573 e.